The van der Waals surface area contributed by atoms with Crippen molar-refractivity contribution in [1.82, 2.24) is 4.90 Å². The second-order valence-electron chi connectivity index (χ2n) is 6.64. The van der Waals surface area contributed by atoms with E-state index in [1.807, 2.05) is 30.3 Å². The third-order valence-electron chi connectivity index (χ3n) is 4.99. The van der Waals surface area contributed by atoms with Gasteiger partial charge in [-0.3, -0.25) is 0 Å². The predicted octanol–water partition coefficient (Wildman–Crippen LogP) is 3.62. The fraction of sp³-hybridized carbons (Fsp3) is 0.381. The molecule has 0 saturated carbocycles. The number of halogens is 2. The molecule has 0 atom stereocenters. The lowest BCUT2D eigenvalue weighted by Crippen LogP contribution is -2.51. The highest BCUT2D eigenvalue weighted by Gasteiger charge is 2.19. The first-order chi connectivity index (χ1) is 14.0. The van der Waals surface area contributed by atoms with Gasteiger partial charge in [0.15, 0.2) is 17.5 Å². The molecule has 7 nitrogen and oxygen atoms in total. The summed E-state index contributed by atoms with van der Waals surface area (Å²) in [6.07, 6.45) is 0. The minimum absolute atomic E-state index is 0. The molecule has 0 aromatic heterocycles. The molecule has 0 amide bonds. The maximum atomic E-state index is 6.26. The van der Waals surface area contributed by atoms with Crippen LogP contribution in [0.1, 0.15) is 5.56 Å². The number of nitrogens with two attached hydrogens (primary N) is 1. The summed E-state index contributed by atoms with van der Waals surface area (Å²) < 4.78 is 16.2. The molecule has 9 heteroatoms. The number of ether oxygens (including phenoxy) is 3. The van der Waals surface area contributed by atoms with Crippen molar-refractivity contribution in [2.75, 3.05) is 52.4 Å². The Hall–Kier alpha value is -2.07. The average Bonchev–Trinajstić information content (AvgIpc) is 2.77. The molecule has 0 aliphatic carbocycles. The van der Waals surface area contributed by atoms with Crippen molar-refractivity contribution in [2.24, 2.45) is 10.7 Å². The Morgan fingerprint density at radius 3 is 2.07 bits per heavy atom. The van der Waals surface area contributed by atoms with Gasteiger partial charge in [-0.05, 0) is 30.3 Å². The van der Waals surface area contributed by atoms with Gasteiger partial charge in [-0.1, -0.05) is 11.6 Å². The van der Waals surface area contributed by atoms with Crippen molar-refractivity contribution in [3.8, 4) is 17.2 Å². The third kappa shape index (κ3) is 5.75. The minimum Gasteiger partial charge on any atom is -0.496 e. The normalized spacial score (nSPS) is 14.2. The van der Waals surface area contributed by atoms with Crippen LogP contribution in [0.4, 0.5) is 5.69 Å². The molecule has 2 aromatic carbocycles. The minimum atomic E-state index is 0. The molecule has 1 saturated heterocycles. The van der Waals surface area contributed by atoms with E-state index in [-0.39, 0.29) is 24.0 Å². The van der Waals surface area contributed by atoms with Crippen molar-refractivity contribution in [3.05, 3.63) is 47.0 Å². The number of hydrogen-bond acceptors (Lipinski definition) is 5. The molecule has 0 radical (unpaired) electrons. The molecule has 0 bridgehead atoms. The Labute approximate surface area is 199 Å². The van der Waals surface area contributed by atoms with Gasteiger partial charge < -0.3 is 29.7 Å². The Morgan fingerprint density at radius 1 is 0.933 bits per heavy atom. The van der Waals surface area contributed by atoms with Gasteiger partial charge in [0.05, 0.1) is 27.9 Å². The van der Waals surface area contributed by atoms with Crippen LogP contribution in [-0.4, -0.2) is 58.4 Å². The Morgan fingerprint density at radius 2 is 1.50 bits per heavy atom. The van der Waals surface area contributed by atoms with E-state index in [2.05, 4.69) is 14.8 Å². The highest BCUT2D eigenvalue weighted by Crippen LogP contribution is 2.35. The summed E-state index contributed by atoms with van der Waals surface area (Å²) in [6, 6.07) is 11.6. The summed E-state index contributed by atoms with van der Waals surface area (Å²) in [4.78, 5) is 8.99. The highest BCUT2D eigenvalue weighted by atomic mass is 127. The molecular formula is C21H28ClIN4O3. The molecule has 30 heavy (non-hydrogen) atoms. The van der Waals surface area contributed by atoms with Gasteiger partial charge in [-0.2, -0.15) is 0 Å². The van der Waals surface area contributed by atoms with Crippen LogP contribution < -0.4 is 24.8 Å². The Bertz CT molecular complexity index is 856. The molecule has 2 N–H and O–H groups in total. The summed E-state index contributed by atoms with van der Waals surface area (Å²) in [6.45, 7) is 3.75. The summed E-state index contributed by atoms with van der Waals surface area (Å²) >= 11 is 5.98. The quantitative estimate of drug-likeness (QED) is 0.339. The molecule has 1 heterocycles. The van der Waals surface area contributed by atoms with Crippen LogP contribution in [0.5, 0.6) is 17.2 Å². The first-order valence-corrected chi connectivity index (χ1v) is 9.77. The molecule has 164 valence electrons. The van der Waals surface area contributed by atoms with Gasteiger partial charge in [0, 0.05) is 48.5 Å². The highest BCUT2D eigenvalue weighted by molar-refractivity contribution is 14.0. The molecule has 0 unspecified atom stereocenters. The molecule has 1 fully saturated rings. The average molecular weight is 547 g/mol. The number of nitrogens with zero attached hydrogens (tertiary/aromatic N) is 3. The summed E-state index contributed by atoms with van der Waals surface area (Å²) in [7, 11) is 4.82. The third-order valence-corrected chi connectivity index (χ3v) is 5.25. The summed E-state index contributed by atoms with van der Waals surface area (Å²) in [5.41, 5.74) is 8.31. The van der Waals surface area contributed by atoms with E-state index in [9.17, 15) is 0 Å². The van der Waals surface area contributed by atoms with Crippen LogP contribution in [0.3, 0.4) is 0 Å². The second kappa shape index (κ2) is 11.4. The van der Waals surface area contributed by atoms with E-state index < -0.39 is 0 Å². The first kappa shape index (κ1) is 24.2. The first-order valence-electron chi connectivity index (χ1n) is 9.40. The second-order valence-corrected chi connectivity index (χ2v) is 7.08. The van der Waals surface area contributed by atoms with Crippen molar-refractivity contribution < 1.29 is 14.2 Å². The Balaban J connectivity index is 0.00000320. The van der Waals surface area contributed by atoms with Crippen LogP contribution in [0.15, 0.2) is 41.4 Å². The number of piperazine rings is 1. The molecule has 3 rings (SSSR count). The zero-order valence-corrected chi connectivity index (χ0v) is 20.5. The fourth-order valence-corrected chi connectivity index (χ4v) is 3.45. The van der Waals surface area contributed by atoms with E-state index in [0.717, 1.165) is 36.8 Å². The summed E-state index contributed by atoms with van der Waals surface area (Å²) in [5, 5.41) is 0.745. The topological polar surface area (TPSA) is 72.5 Å². The maximum Gasteiger partial charge on any atom is 0.191 e. The van der Waals surface area contributed by atoms with Crippen LogP contribution >= 0.6 is 35.6 Å². The van der Waals surface area contributed by atoms with Gasteiger partial charge in [0.2, 0.25) is 0 Å². The predicted molar refractivity (Wildman–Crippen MR) is 132 cm³/mol. The zero-order chi connectivity index (χ0) is 20.8. The number of methoxy groups -OCH3 is 3. The smallest absolute Gasteiger partial charge is 0.191 e. The zero-order valence-electron chi connectivity index (χ0n) is 17.4. The van der Waals surface area contributed by atoms with E-state index in [1.54, 1.807) is 27.4 Å². The molecular weight excluding hydrogens is 519 g/mol. The number of guanidine groups is 1. The molecule has 0 spiro atoms. The van der Waals surface area contributed by atoms with Gasteiger partial charge >= 0.3 is 0 Å². The summed E-state index contributed by atoms with van der Waals surface area (Å²) in [5.74, 6) is 2.46. The number of hydrogen-bond donors (Lipinski definition) is 1. The van der Waals surface area contributed by atoms with Crippen molar-refractivity contribution in [1.29, 1.82) is 0 Å². The SMILES string of the molecule is COc1cc(OC)c(OC)cc1CN=C(N)N1CCN(c2ccc(Cl)cc2)CC1.I. The van der Waals surface area contributed by atoms with E-state index in [1.165, 1.54) is 5.69 Å². The van der Waals surface area contributed by atoms with Gasteiger partial charge in [-0.15, -0.1) is 24.0 Å². The molecule has 2 aromatic rings. The number of aliphatic imine (C=N–C) groups is 1. The van der Waals surface area contributed by atoms with Crippen LogP contribution in [0.2, 0.25) is 5.02 Å². The standard InChI is InChI=1S/C21H27ClN4O3.HI/c1-27-18-13-20(29-3)19(28-2)12-15(18)14-24-21(23)26-10-8-25(9-11-26)17-6-4-16(22)5-7-17;/h4-7,12-13H,8-11,14H2,1-3H3,(H2,23,24);1H. The van der Waals surface area contributed by atoms with Crippen molar-refractivity contribution in [2.45, 2.75) is 6.54 Å². The molecule has 1 aliphatic heterocycles. The lowest BCUT2D eigenvalue weighted by atomic mass is 10.1. The van der Waals surface area contributed by atoms with Crippen molar-refractivity contribution in [3.63, 3.8) is 0 Å². The lowest BCUT2D eigenvalue weighted by Gasteiger charge is -2.36. The number of anilines is 1. The van der Waals surface area contributed by atoms with E-state index >= 15 is 0 Å². The maximum absolute atomic E-state index is 6.26. The van der Waals surface area contributed by atoms with Crippen LogP contribution in [-0.2, 0) is 6.54 Å². The van der Waals surface area contributed by atoms with E-state index in [0.29, 0.717) is 29.8 Å². The van der Waals surface area contributed by atoms with Gasteiger partial charge in [0.25, 0.3) is 0 Å². The largest absolute Gasteiger partial charge is 0.496 e. The van der Waals surface area contributed by atoms with Gasteiger partial charge in [0.1, 0.15) is 5.75 Å². The molecule has 1 aliphatic rings. The monoisotopic (exact) mass is 546 g/mol. The number of benzene rings is 2. The van der Waals surface area contributed by atoms with E-state index in [4.69, 9.17) is 31.5 Å². The lowest BCUT2D eigenvalue weighted by molar-refractivity contribution is 0.347. The van der Waals surface area contributed by atoms with Crippen LogP contribution in [0.25, 0.3) is 0 Å². The van der Waals surface area contributed by atoms with Crippen LogP contribution in [0, 0.1) is 0 Å². The number of rotatable bonds is 6. The van der Waals surface area contributed by atoms with Crippen molar-refractivity contribution >= 4 is 47.2 Å². The van der Waals surface area contributed by atoms with Gasteiger partial charge in [-0.25, -0.2) is 4.99 Å². The fourth-order valence-electron chi connectivity index (χ4n) is 3.33. The Kier molecular flexibility index (Phi) is 9.16.